The van der Waals surface area contributed by atoms with E-state index in [2.05, 4.69) is 41.1 Å². The number of likely N-dealkylation sites (N-methyl/N-ethyl adjacent to an activating group) is 1. The van der Waals surface area contributed by atoms with E-state index in [0.29, 0.717) is 26.2 Å². The van der Waals surface area contributed by atoms with Crippen LogP contribution < -0.4 is 0 Å². The van der Waals surface area contributed by atoms with Gasteiger partial charge in [-0.1, -0.05) is 30.3 Å². The SMILES string of the molecule is CN1CCN(C(=O)C(C)(C)C(=O)N2CCN(Cc3ccccc3)CC2)CC1. The molecular weight excluding hydrogens is 340 g/mol. The fourth-order valence-electron chi connectivity index (χ4n) is 3.84. The number of carbonyl (C=O) groups excluding carboxylic acids is 2. The van der Waals surface area contributed by atoms with Crippen molar-refractivity contribution in [2.45, 2.75) is 20.4 Å². The van der Waals surface area contributed by atoms with Crippen molar-refractivity contribution in [1.82, 2.24) is 19.6 Å². The third-order valence-corrected chi connectivity index (χ3v) is 5.77. The molecule has 2 aliphatic rings. The molecule has 6 nitrogen and oxygen atoms in total. The van der Waals surface area contributed by atoms with Crippen LogP contribution in [-0.4, -0.2) is 90.8 Å². The van der Waals surface area contributed by atoms with E-state index in [4.69, 9.17) is 0 Å². The lowest BCUT2D eigenvalue weighted by Gasteiger charge is -2.41. The molecule has 0 N–H and O–H groups in total. The Labute approximate surface area is 162 Å². The second-order valence-corrected chi connectivity index (χ2v) is 8.27. The van der Waals surface area contributed by atoms with Gasteiger partial charge in [0.2, 0.25) is 11.8 Å². The highest BCUT2D eigenvalue weighted by atomic mass is 16.2. The number of rotatable bonds is 4. The summed E-state index contributed by atoms with van der Waals surface area (Å²) in [5, 5.41) is 0. The maximum atomic E-state index is 13.1. The summed E-state index contributed by atoms with van der Waals surface area (Å²) < 4.78 is 0. The molecule has 0 atom stereocenters. The van der Waals surface area contributed by atoms with Crippen LogP contribution in [0.4, 0.5) is 0 Å². The highest BCUT2D eigenvalue weighted by molar-refractivity contribution is 6.04. The van der Waals surface area contributed by atoms with Crippen LogP contribution in [0.1, 0.15) is 19.4 Å². The summed E-state index contributed by atoms with van der Waals surface area (Å²) in [4.78, 5) is 34.4. The van der Waals surface area contributed by atoms with Gasteiger partial charge >= 0.3 is 0 Å². The molecule has 2 aliphatic heterocycles. The average Bonchev–Trinajstić information content (AvgIpc) is 2.69. The first-order valence-corrected chi connectivity index (χ1v) is 9.91. The first-order chi connectivity index (χ1) is 12.9. The molecule has 148 valence electrons. The Bertz CT molecular complexity index is 645. The zero-order chi connectivity index (χ0) is 19.4. The van der Waals surface area contributed by atoms with Crippen LogP contribution in [0.25, 0.3) is 0 Å². The van der Waals surface area contributed by atoms with Gasteiger partial charge in [0.25, 0.3) is 0 Å². The van der Waals surface area contributed by atoms with Crippen molar-refractivity contribution >= 4 is 11.8 Å². The molecular formula is C21H32N4O2. The van der Waals surface area contributed by atoms with E-state index in [0.717, 1.165) is 32.7 Å². The van der Waals surface area contributed by atoms with Crippen LogP contribution in [0.2, 0.25) is 0 Å². The van der Waals surface area contributed by atoms with Gasteiger partial charge in [-0.3, -0.25) is 14.5 Å². The van der Waals surface area contributed by atoms with E-state index in [1.807, 2.05) is 15.9 Å². The highest BCUT2D eigenvalue weighted by Gasteiger charge is 2.42. The topological polar surface area (TPSA) is 47.1 Å². The van der Waals surface area contributed by atoms with Crippen LogP contribution >= 0.6 is 0 Å². The molecule has 0 aromatic heterocycles. The third-order valence-electron chi connectivity index (χ3n) is 5.77. The molecule has 2 heterocycles. The highest BCUT2D eigenvalue weighted by Crippen LogP contribution is 2.24. The Morgan fingerprint density at radius 2 is 1.30 bits per heavy atom. The zero-order valence-corrected chi connectivity index (χ0v) is 16.9. The molecule has 3 rings (SSSR count). The van der Waals surface area contributed by atoms with Crippen molar-refractivity contribution in [3.8, 4) is 0 Å². The van der Waals surface area contributed by atoms with Gasteiger partial charge < -0.3 is 14.7 Å². The molecule has 1 aromatic carbocycles. The first kappa shape index (κ1) is 19.8. The summed E-state index contributed by atoms with van der Waals surface area (Å²) in [5.74, 6) is -0.0712. The fraction of sp³-hybridized carbons (Fsp3) is 0.619. The van der Waals surface area contributed by atoms with E-state index in [-0.39, 0.29) is 11.8 Å². The Morgan fingerprint density at radius 3 is 1.81 bits per heavy atom. The van der Waals surface area contributed by atoms with E-state index in [9.17, 15) is 9.59 Å². The molecule has 0 spiro atoms. The van der Waals surface area contributed by atoms with Gasteiger partial charge in [0.05, 0.1) is 0 Å². The average molecular weight is 373 g/mol. The third kappa shape index (κ3) is 4.68. The smallest absolute Gasteiger partial charge is 0.237 e. The molecule has 0 bridgehead atoms. The second-order valence-electron chi connectivity index (χ2n) is 8.27. The van der Waals surface area contributed by atoms with E-state index in [1.54, 1.807) is 13.8 Å². The number of hydrogen-bond acceptors (Lipinski definition) is 4. The molecule has 2 saturated heterocycles. The lowest BCUT2D eigenvalue weighted by atomic mass is 9.89. The van der Waals surface area contributed by atoms with Crippen molar-refractivity contribution in [2.75, 3.05) is 59.4 Å². The molecule has 2 amide bonds. The summed E-state index contributed by atoms with van der Waals surface area (Å²) in [7, 11) is 2.06. The predicted octanol–water partition coefficient (Wildman–Crippen LogP) is 1.13. The number of piperazine rings is 2. The number of nitrogens with zero attached hydrogens (tertiary/aromatic N) is 4. The van der Waals surface area contributed by atoms with Crippen molar-refractivity contribution in [2.24, 2.45) is 5.41 Å². The molecule has 27 heavy (non-hydrogen) atoms. The van der Waals surface area contributed by atoms with Crippen LogP contribution in [0.15, 0.2) is 30.3 Å². The molecule has 1 aromatic rings. The van der Waals surface area contributed by atoms with Crippen molar-refractivity contribution in [3.63, 3.8) is 0 Å². The Morgan fingerprint density at radius 1 is 0.815 bits per heavy atom. The van der Waals surface area contributed by atoms with Crippen molar-refractivity contribution in [1.29, 1.82) is 0 Å². The zero-order valence-electron chi connectivity index (χ0n) is 16.9. The summed E-state index contributed by atoms with van der Waals surface area (Å²) >= 11 is 0. The number of carbonyl (C=O) groups is 2. The normalized spacial score (nSPS) is 20.0. The van der Waals surface area contributed by atoms with E-state index >= 15 is 0 Å². The Kier molecular flexibility index (Phi) is 6.17. The number of hydrogen-bond donors (Lipinski definition) is 0. The number of amides is 2. The van der Waals surface area contributed by atoms with Gasteiger partial charge in [-0.15, -0.1) is 0 Å². The molecule has 2 fully saturated rings. The van der Waals surface area contributed by atoms with Crippen LogP contribution in [0.5, 0.6) is 0 Å². The summed E-state index contributed by atoms with van der Waals surface area (Å²) in [6.45, 7) is 10.7. The quantitative estimate of drug-likeness (QED) is 0.744. The van der Waals surface area contributed by atoms with E-state index in [1.165, 1.54) is 5.56 Å². The van der Waals surface area contributed by atoms with Crippen molar-refractivity contribution < 1.29 is 9.59 Å². The van der Waals surface area contributed by atoms with Crippen LogP contribution in [-0.2, 0) is 16.1 Å². The minimum absolute atomic E-state index is 0.0349. The van der Waals surface area contributed by atoms with Crippen LogP contribution in [0, 0.1) is 5.41 Å². The minimum atomic E-state index is -0.989. The maximum Gasteiger partial charge on any atom is 0.237 e. The second kappa shape index (κ2) is 8.40. The Hall–Kier alpha value is -1.92. The molecule has 0 unspecified atom stereocenters. The van der Waals surface area contributed by atoms with Gasteiger partial charge in [0.1, 0.15) is 5.41 Å². The lowest BCUT2D eigenvalue weighted by Crippen LogP contribution is -2.58. The standard InChI is InChI=1S/C21H32N4O2/c1-21(2,19(26)24-13-9-22(3)10-14-24)20(27)25-15-11-23(12-16-25)17-18-7-5-4-6-8-18/h4-8H,9-17H2,1-3H3. The summed E-state index contributed by atoms with van der Waals surface area (Å²) in [5.41, 5.74) is 0.306. The van der Waals surface area contributed by atoms with Crippen LogP contribution in [0.3, 0.4) is 0 Å². The van der Waals surface area contributed by atoms with Gasteiger partial charge in [0, 0.05) is 58.9 Å². The predicted molar refractivity (Wildman–Crippen MR) is 106 cm³/mol. The lowest BCUT2D eigenvalue weighted by molar-refractivity contribution is -0.156. The van der Waals surface area contributed by atoms with Crippen molar-refractivity contribution in [3.05, 3.63) is 35.9 Å². The van der Waals surface area contributed by atoms with Gasteiger partial charge in [0.15, 0.2) is 0 Å². The molecule has 0 radical (unpaired) electrons. The Balaban J connectivity index is 1.53. The fourth-order valence-corrected chi connectivity index (χ4v) is 3.84. The molecule has 0 saturated carbocycles. The monoisotopic (exact) mass is 372 g/mol. The summed E-state index contributed by atoms with van der Waals surface area (Å²) in [6, 6.07) is 10.4. The molecule has 0 aliphatic carbocycles. The molecule has 6 heteroatoms. The van der Waals surface area contributed by atoms with E-state index < -0.39 is 5.41 Å². The largest absolute Gasteiger partial charge is 0.339 e. The maximum absolute atomic E-state index is 13.1. The minimum Gasteiger partial charge on any atom is -0.339 e. The van der Waals surface area contributed by atoms with Gasteiger partial charge in [-0.25, -0.2) is 0 Å². The first-order valence-electron chi connectivity index (χ1n) is 9.91. The summed E-state index contributed by atoms with van der Waals surface area (Å²) in [6.07, 6.45) is 0. The number of benzene rings is 1. The van der Waals surface area contributed by atoms with Gasteiger partial charge in [-0.2, -0.15) is 0 Å². The van der Waals surface area contributed by atoms with Gasteiger partial charge in [-0.05, 0) is 26.5 Å².